The number of rotatable bonds is 66. The van der Waals surface area contributed by atoms with E-state index < -0.39 is 52.8 Å². The molecular formula is C64H150N6O14Si6. The first-order valence-electron chi connectivity index (χ1n) is 36.1. The lowest BCUT2D eigenvalue weighted by Gasteiger charge is -2.41. The van der Waals surface area contributed by atoms with Gasteiger partial charge in [0.25, 0.3) is 0 Å². The van der Waals surface area contributed by atoms with Gasteiger partial charge in [0, 0.05) is 107 Å². The van der Waals surface area contributed by atoms with Gasteiger partial charge in [0.2, 0.25) is 0 Å². The fourth-order valence-electron chi connectivity index (χ4n) is 11.3. The van der Waals surface area contributed by atoms with Gasteiger partial charge < -0.3 is 90.1 Å². The zero-order valence-corrected chi connectivity index (χ0v) is 69.1. The lowest BCUT2D eigenvalue weighted by Crippen LogP contribution is -2.63. The monoisotopic (exact) mass is 1390 g/mol. The van der Waals surface area contributed by atoms with Crippen molar-refractivity contribution in [1.82, 2.24) is 29.4 Å². The van der Waals surface area contributed by atoms with E-state index in [1.165, 1.54) is 77.0 Å². The molecule has 0 amide bonds. The predicted molar refractivity (Wildman–Crippen MR) is 388 cm³/mol. The molecule has 0 aliphatic rings. The Morgan fingerprint density at radius 3 is 0.444 bits per heavy atom. The lowest BCUT2D eigenvalue weighted by atomic mass is 10.2. The molecule has 26 heteroatoms. The smallest absolute Gasteiger partial charge is 0.378 e. The predicted octanol–water partition coefficient (Wildman–Crippen LogP) is 13.2. The van der Waals surface area contributed by atoms with Crippen molar-refractivity contribution in [3.05, 3.63) is 0 Å². The maximum Gasteiger partial charge on any atom is 0.493 e. The van der Waals surface area contributed by atoms with Crippen molar-refractivity contribution < 1.29 is 60.7 Å². The van der Waals surface area contributed by atoms with Crippen LogP contribution in [0.25, 0.3) is 0 Å². The van der Waals surface area contributed by atoms with Crippen molar-refractivity contribution in [1.29, 1.82) is 0 Å². The summed E-state index contributed by atoms with van der Waals surface area (Å²) in [5.41, 5.74) is 0. The maximum atomic E-state index is 7.17. The molecule has 0 N–H and O–H groups in total. The van der Waals surface area contributed by atoms with E-state index in [1.807, 2.05) is 0 Å². The molecule has 0 atom stereocenters. The summed E-state index contributed by atoms with van der Waals surface area (Å²) in [5, 5.41) is 0. The van der Waals surface area contributed by atoms with Gasteiger partial charge in [-0.25, -0.2) is 0 Å². The third kappa shape index (κ3) is 38.6. The van der Waals surface area contributed by atoms with Gasteiger partial charge in [-0.3, -0.25) is 0 Å². The summed E-state index contributed by atoms with van der Waals surface area (Å²) < 4.78 is 90.1. The largest absolute Gasteiger partial charge is 0.493 e. The molecule has 0 aromatic carbocycles. The second kappa shape index (κ2) is 57.4. The number of unbranched alkanes of at least 4 members (excludes halogenated alkanes) is 6. The van der Waals surface area contributed by atoms with Gasteiger partial charge in [0.15, 0.2) is 0 Å². The summed E-state index contributed by atoms with van der Waals surface area (Å²) in [6, 6.07) is 4.06. The average molecular weight is 1400 g/mol. The maximum absolute atomic E-state index is 7.17. The Kier molecular flexibility index (Phi) is 59.0. The molecule has 0 unspecified atom stereocenters. The minimum Gasteiger partial charge on any atom is -0.378 e. The summed E-state index contributed by atoms with van der Waals surface area (Å²) in [6.07, 6.45) is 19.9. The summed E-state index contributed by atoms with van der Waals surface area (Å²) in [5.74, 6) is 0. The van der Waals surface area contributed by atoms with Crippen LogP contribution in [0, 0.1) is 0 Å². The summed E-state index contributed by atoms with van der Waals surface area (Å²) in [4.78, 5) is 15.0. The number of hydrogen-bond acceptors (Lipinski definition) is 20. The van der Waals surface area contributed by atoms with Crippen molar-refractivity contribution >= 4 is 52.8 Å². The lowest BCUT2D eigenvalue weighted by molar-refractivity contribution is 0.0664. The molecule has 544 valence electrons. The Balaban J connectivity index is 0. The molecule has 20 nitrogen and oxygen atoms in total. The third-order valence-corrected chi connectivity index (χ3v) is 39.7. The molecule has 0 fully saturated rings. The first-order chi connectivity index (χ1) is 43.4. The molecule has 0 aliphatic heterocycles. The fourth-order valence-corrected chi connectivity index (χ4v) is 33.5. The molecule has 0 spiro atoms. The van der Waals surface area contributed by atoms with Crippen molar-refractivity contribution in [3.63, 3.8) is 0 Å². The highest BCUT2D eigenvalue weighted by Gasteiger charge is 2.59. The van der Waals surface area contributed by atoms with Crippen LogP contribution in [0.4, 0.5) is 0 Å². The van der Waals surface area contributed by atoms with E-state index >= 15 is 0 Å². The van der Waals surface area contributed by atoms with Crippen LogP contribution in [-0.4, -0.2) is 271 Å². The van der Waals surface area contributed by atoms with E-state index in [0.29, 0.717) is 36.3 Å². The van der Waals surface area contributed by atoms with Crippen LogP contribution in [0.15, 0.2) is 0 Å². The van der Waals surface area contributed by atoms with E-state index in [9.17, 15) is 0 Å². The number of hydrogen-bond donors (Lipinski definition) is 0. The Bertz CT molecular complexity index is 1460. The zero-order chi connectivity index (χ0) is 68.1. The molecule has 0 radical (unpaired) electrons. The van der Waals surface area contributed by atoms with Crippen LogP contribution in [0.2, 0.25) is 36.3 Å². The number of nitrogens with zero attached hydrogens (tertiary/aromatic N) is 6. The highest BCUT2D eigenvalue weighted by atomic mass is 28.5. The van der Waals surface area contributed by atoms with Gasteiger partial charge in [-0.1, -0.05) is 122 Å². The Morgan fingerprint density at radius 2 is 0.311 bits per heavy atom. The molecule has 0 saturated heterocycles. The van der Waals surface area contributed by atoms with Crippen LogP contribution >= 0.6 is 0 Å². The average Bonchev–Trinajstić information content (AvgIpc) is 0.898. The zero-order valence-electron chi connectivity index (χ0n) is 63.1. The van der Waals surface area contributed by atoms with Crippen LogP contribution in [-0.2, 0) is 60.7 Å². The van der Waals surface area contributed by atoms with Gasteiger partial charge in [0.05, 0.1) is 0 Å². The molecular weight excluding hydrogens is 1250 g/mol. The van der Waals surface area contributed by atoms with E-state index in [0.717, 1.165) is 156 Å². The Labute approximate surface area is 563 Å². The van der Waals surface area contributed by atoms with Gasteiger partial charge in [-0.05, 0) is 195 Å². The van der Waals surface area contributed by atoms with E-state index in [4.69, 9.17) is 60.7 Å². The molecule has 0 aliphatic carbocycles. The van der Waals surface area contributed by atoms with Crippen LogP contribution < -0.4 is 0 Å². The van der Waals surface area contributed by atoms with Crippen LogP contribution in [0.1, 0.15) is 199 Å². The molecule has 0 saturated carbocycles. The van der Waals surface area contributed by atoms with Crippen molar-refractivity contribution in [2.75, 3.05) is 189 Å². The fraction of sp³-hybridized carbons (Fsp3) is 1.00. The third-order valence-electron chi connectivity index (χ3n) is 17.7. The minimum atomic E-state index is -3.42. The van der Waals surface area contributed by atoms with Crippen molar-refractivity contribution in [3.8, 4) is 0 Å². The van der Waals surface area contributed by atoms with E-state index in [2.05, 4.69) is 112 Å². The van der Waals surface area contributed by atoms with Gasteiger partial charge in [-0.2, -0.15) is 0 Å². The Morgan fingerprint density at radius 1 is 0.178 bits per heavy atom. The van der Waals surface area contributed by atoms with Crippen molar-refractivity contribution in [2.24, 2.45) is 0 Å². The van der Waals surface area contributed by atoms with Crippen LogP contribution in [0.3, 0.4) is 0 Å². The van der Waals surface area contributed by atoms with Gasteiger partial charge >= 0.3 is 52.8 Å². The normalized spacial score (nSPS) is 13.2. The molecule has 0 rings (SSSR count). The molecule has 0 aromatic heterocycles. The molecule has 0 aromatic rings. The molecule has 0 bridgehead atoms. The topological polar surface area (TPSA) is 149 Å². The standard InChI is InChI=1S/C38H87N3O7Si3.C26H63N3O7Si3/c1-12-18-27-39(28-19-13-2)33-24-36-49(42-7,43-8)47-51(46-11,38-26-35-41(31-22-16-5)32-23-17-6)48-50(44-9,45-10)37-25-34-40(29-20-14-3)30-21-15-4;1-12-27(13-2)21-18-24-37(30-7,31-8)35-39(34-11,26-20-23-29(16-5)17-6)36-38(32-9,33-10)25-19-22-28(14-3)15-4/h12-38H2,1-11H3;12-26H2,1-11H3. The first-order valence-corrected chi connectivity index (χ1v) is 47.6. The molecule has 0 heterocycles. The quantitative estimate of drug-likeness (QED) is 0.0531. The van der Waals surface area contributed by atoms with Gasteiger partial charge in [0.1, 0.15) is 0 Å². The highest BCUT2D eigenvalue weighted by molar-refractivity contribution is 6.81. The molecule has 90 heavy (non-hydrogen) atoms. The van der Waals surface area contributed by atoms with Gasteiger partial charge in [-0.15, -0.1) is 0 Å². The van der Waals surface area contributed by atoms with E-state index in [-0.39, 0.29) is 0 Å². The second-order valence-corrected chi connectivity index (χ2v) is 42.4. The SMILES string of the molecule is CCCCN(CCCC)CCC[Si](OC)(OC)O[Si](CCCN(CCCC)CCCC)(OC)O[Si](CCCN(CCCC)CCCC)(OC)OC.CCN(CC)CCC[Si](OC)(OC)O[Si](CCCN(CC)CC)(OC)O[Si](CCCN(CC)CC)(OC)OC. The first kappa shape index (κ1) is 92.6. The summed E-state index contributed by atoms with van der Waals surface area (Å²) in [7, 11) is -2.25. The van der Waals surface area contributed by atoms with Crippen LogP contribution in [0.5, 0.6) is 0 Å². The summed E-state index contributed by atoms with van der Waals surface area (Å²) in [6.45, 7) is 45.3. The second-order valence-electron chi connectivity index (χ2n) is 23.9. The highest BCUT2D eigenvalue weighted by Crippen LogP contribution is 2.34. The van der Waals surface area contributed by atoms with E-state index in [1.54, 1.807) is 71.1 Å². The Hall–Kier alpha value is 0.501. The van der Waals surface area contributed by atoms with Crippen molar-refractivity contribution in [2.45, 2.75) is 235 Å². The minimum absolute atomic E-state index is 0.634. The summed E-state index contributed by atoms with van der Waals surface area (Å²) >= 11 is 0.